The van der Waals surface area contributed by atoms with Crippen molar-refractivity contribution in [3.63, 3.8) is 0 Å². The van der Waals surface area contributed by atoms with Crippen molar-refractivity contribution in [2.45, 2.75) is 49.8 Å². The van der Waals surface area contributed by atoms with Gasteiger partial charge in [0.25, 0.3) is 0 Å². The lowest BCUT2D eigenvalue weighted by atomic mass is 9.99. The number of ether oxygens (including phenoxy) is 3. The van der Waals surface area contributed by atoms with Crippen LogP contribution in [-0.2, 0) is 32.0 Å². The number of alkyl carbamates (subject to hydrolysis) is 1. The van der Waals surface area contributed by atoms with Crippen molar-refractivity contribution < 1.29 is 44.2 Å². The monoisotopic (exact) mass is 461 g/mol. The quantitative estimate of drug-likeness (QED) is 0.338. The van der Waals surface area contributed by atoms with E-state index in [2.05, 4.69) is 5.32 Å². The summed E-state index contributed by atoms with van der Waals surface area (Å²) < 4.78 is 15.4. The van der Waals surface area contributed by atoms with Crippen LogP contribution in [0.5, 0.6) is 0 Å². The molecule has 0 aliphatic carbocycles. The van der Waals surface area contributed by atoms with Crippen molar-refractivity contribution in [1.82, 2.24) is 5.32 Å². The third-order valence-corrected chi connectivity index (χ3v) is 5.15. The van der Waals surface area contributed by atoms with E-state index in [0.29, 0.717) is 0 Å². The summed E-state index contributed by atoms with van der Waals surface area (Å²) >= 11 is 0. The van der Waals surface area contributed by atoms with Crippen LogP contribution < -0.4 is 5.32 Å². The van der Waals surface area contributed by atoms with Gasteiger partial charge in [0.2, 0.25) is 0 Å². The van der Waals surface area contributed by atoms with Crippen molar-refractivity contribution in [3.8, 4) is 0 Å². The highest BCUT2D eigenvalue weighted by Gasteiger charge is 2.43. The second kappa shape index (κ2) is 11.7. The normalized spacial score (nSPS) is 25.6. The van der Waals surface area contributed by atoms with E-state index < -0.39 is 55.4 Å². The molecule has 2 aromatic rings. The maximum atomic E-state index is 12.7. The zero-order chi connectivity index (χ0) is 23.8. The molecule has 1 amide bonds. The lowest BCUT2D eigenvalue weighted by molar-refractivity contribution is -0.287. The number of rotatable bonds is 8. The zero-order valence-electron chi connectivity index (χ0n) is 17.7. The summed E-state index contributed by atoms with van der Waals surface area (Å²) in [6.45, 7) is -0.507. The molecule has 10 heteroatoms. The molecule has 2 aromatic carbocycles. The van der Waals surface area contributed by atoms with Crippen molar-refractivity contribution in [2.24, 2.45) is 0 Å². The number of esters is 1. The van der Waals surface area contributed by atoms with E-state index in [1.54, 1.807) is 48.5 Å². The van der Waals surface area contributed by atoms with Crippen molar-refractivity contribution >= 4 is 12.1 Å². The van der Waals surface area contributed by atoms with Gasteiger partial charge >= 0.3 is 12.1 Å². The molecule has 0 saturated carbocycles. The summed E-state index contributed by atoms with van der Waals surface area (Å²) in [5.41, 5.74) is 1.53. The predicted octanol–water partition coefficient (Wildman–Crippen LogP) is -0.133. The fourth-order valence-electron chi connectivity index (χ4n) is 3.28. The van der Waals surface area contributed by atoms with Crippen LogP contribution in [0, 0.1) is 0 Å². The first-order valence-corrected chi connectivity index (χ1v) is 10.4. The Bertz CT molecular complexity index is 895. The van der Waals surface area contributed by atoms with Crippen molar-refractivity contribution in [2.75, 3.05) is 6.61 Å². The number of carbonyl (C=O) groups excluding carboxylic acids is 2. The molecule has 1 fully saturated rings. The van der Waals surface area contributed by atoms with E-state index in [0.717, 1.165) is 11.1 Å². The largest absolute Gasteiger partial charge is 0.461 e. The second-order valence-electron chi connectivity index (χ2n) is 7.62. The molecule has 5 N–H and O–H groups in total. The van der Waals surface area contributed by atoms with Crippen LogP contribution in [0.4, 0.5) is 4.79 Å². The van der Waals surface area contributed by atoms with Gasteiger partial charge < -0.3 is 40.0 Å². The van der Waals surface area contributed by atoms with Gasteiger partial charge in [-0.2, -0.15) is 0 Å². The van der Waals surface area contributed by atoms with E-state index in [1.807, 2.05) is 12.1 Å². The summed E-state index contributed by atoms with van der Waals surface area (Å²) in [5.74, 6) is -0.832. The first-order valence-electron chi connectivity index (χ1n) is 10.4. The van der Waals surface area contributed by atoms with Crippen LogP contribution in [0.1, 0.15) is 11.1 Å². The Kier molecular flexibility index (Phi) is 8.75. The van der Waals surface area contributed by atoms with E-state index in [9.17, 15) is 30.0 Å². The minimum atomic E-state index is -1.75. The smallest absolute Gasteiger partial charge is 0.408 e. The molecule has 33 heavy (non-hydrogen) atoms. The minimum Gasteiger partial charge on any atom is -0.461 e. The van der Waals surface area contributed by atoms with Gasteiger partial charge in [0.05, 0.1) is 0 Å². The van der Waals surface area contributed by atoms with Gasteiger partial charge in [-0.05, 0) is 11.1 Å². The van der Waals surface area contributed by atoms with Crippen LogP contribution in [0.2, 0.25) is 0 Å². The van der Waals surface area contributed by atoms with Crippen LogP contribution in [-0.4, -0.2) is 75.8 Å². The van der Waals surface area contributed by atoms with E-state index in [1.165, 1.54) is 0 Å². The molecular weight excluding hydrogens is 434 g/mol. The summed E-state index contributed by atoms with van der Waals surface area (Å²) in [6, 6.07) is 16.8. The SMILES string of the molecule is O=C(N[C@H](Cc1ccccc1)C(=O)OC[C@@H]1O[C@@H](O)[C@@H](O)[C@@H](O)[C@@H]1O)OCc1ccccc1. The molecule has 10 nitrogen and oxygen atoms in total. The number of aliphatic hydroxyl groups is 4. The van der Waals surface area contributed by atoms with Gasteiger partial charge in [-0.1, -0.05) is 60.7 Å². The van der Waals surface area contributed by atoms with Gasteiger partial charge in [-0.15, -0.1) is 0 Å². The highest BCUT2D eigenvalue weighted by molar-refractivity contribution is 5.81. The lowest BCUT2D eigenvalue weighted by Gasteiger charge is -2.38. The molecule has 0 unspecified atom stereocenters. The molecule has 0 bridgehead atoms. The standard InChI is InChI=1S/C23H27NO9/c25-18-17(33-22(29)20(27)19(18)26)13-31-21(28)16(11-14-7-3-1-4-8-14)24-23(30)32-12-15-9-5-2-6-10-15/h1-10,16-20,22,25-27,29H,11-13H2,(H,24,30)/t16-,17+,18-,19+,20+,22-/m1/s1. The zero-order valence-corrected chi connectivity index (χ0v) is 17.7. The van der Waals surface area contributed by atoms with E-state index in [4.69, 9.17) is 14.2 Å². The Labute approximate surface area is 190 Å². The molecule has 1 aliphatic rings. The summed E-state index contributed by atoms with van der Waals surface area (Å²) in [6.07, 6.45) is -8.70. The molecule has 3 rings (SSSR count). The maximum absolute atomic E-state index is 12.7. The fraction of sp³-hybridized carbons (Fsp3) is 0.391. The molecule has 0 radical (unpaired) electrons. The Balaban J connectivity index is 1.60. The molecule has 6 atom stereocenters. The molecular formula is C23H27NO9. The molecule has 1 aliphatic heterocycles. The summed E-state index contributed by atoms with van der Waals surface area (Å²) in [5, 5.41) is 41.4. The molecule has 1 saturated heterocycles. The summed E-state index contributed by atoms with van der Waals surface area (Å²) in [7, 11) is 0. The van der Waals surface area contributed by atoms with Crippen LogP contribution in [0.25, 0.3) is 0 Å². The Morgan fingerprint density at radius 2 is 1.45 bits per heavy atom. The predicted molar refractivity (Wildman–Crippen MR) is 114 cm³/mol. The first kappa shape index (κ1) is 24.6. The van der Waals surface area contributed by atoms with Gasteiger partial charge in [-0.3, -0.25) is 0 Å². The maximum Gasteiger partial charge on any atom is 0.408 e. The van der Waals surface area contributed by atoms with Crippen molar-refractivity contribution in [1.29, 1.82) is 0 Å². The van der Waals surface area contributed by atoms with Crippen LogP contribution in [0.3, 0.4) is 0 Å². The number of carbonyl (C=O) groups is 2. The molecule has 0 aromatic heterocycles. The number of hydrogen-bond donors (Lipinski definition) is 5. The Morgan fingerprint density at radius 1 is 0.848 bits per heavy atom. The Morgan fingerprint density at radius 3 is 2.09 bits per heavy atom. The summed E-state index contributed by atoms with van der Waals surface area (Å²) in [4.78, 5) is 25.0. The number of amides is 1. The fourth-order valence-corrected chi connectivity index (χ4v) is 3.28. The van der Waals surface area contributed by atoms with E-state index >= 15 is 0 Å². The Hall–Kier alpha value is -3.02. The van der Waals surface area contributed by atoms with Crippen LogP contribution >= 0.6 is 0 Å². The minimum absolute atomic E-state index is 0.0139. The number of aliphatic hydroxyl groups excluding tert-OH is 4. The highest BCUT2D eigenvalue weighted by Crippen LogP contribution is 2.20. The second-order valence-corrected chi connectivity index (χ2v) is 7.62. The van der Waals surface area contributed by atoms with Gasteiger partial charge in [0, 0.05) is 6.42 Å². The first-order chi connectivity index (χ1) is 15.8. The van der Waals surface area contributed by atoms with Crippen LogP contribution in [0.15, 0.2) is 60.7 Å². The highest BCUT2D eigenvalue weighted by atomic mass is 16.7. The lowest BCUT2D eigenvalue weighted by Crippen LogP contribution is -2.59. The molecule has 0 spiro atoms. The topological polar surface area (TPSA) is 155 Å². The van der Waals surface area contributed by atoms with Gasteiger partial charge in [0.1, 0.15) is 43.7 Å². The number of benzene rings is 2. The number of nitrogens with one attached hydrogen (secondary N) is 1. The average molecular weight is 461 g/mol. The van der Waals surface area contributed by atoms with Gasteiger partial charge in [-0.25, -0.2) is 9.59 Å². The van der Waals surface area contributed by atoms with Gasteiger partial charge in [0.15, 0.2) is 6.29 Å². The average Bonchev–Trinajstić information content (AvgIpc) is 2.83. The third kappa shape index (κ3) is 6.98. The third-order valence-electron chi connectivity index (χ3n) is 5.15. The number of hydrogen-bond acceptors (Lipinski definition) is 9. The van der Waals surface area contributed by atoms with E-state index in [-0.39, 0.29) is 13.0 Å². The molecule has 178 valence electrons. The van der Waals surface area contributed by atoms with Crippen molar-refractivity contribution in [3.05, 3.63) is 71.8 Å². The molecule has 1 heterocycles.